The third-order valence-electron chi connectivity index (χ3n) is 3.17. The molecule has 0 aliphatic carbocycles. The predicted molar refractivity (Wildman–Crippen MR) is 84.6 cm³/mol. The van der Waals surface area contributed by atoms with E-state index in [4.69, 9.17) is 4.74 Å². The van der Waals surface area contributed by atoms with Gasteiger partial charge in [0.05, 0.1) is 0 Å². The average molecular weight is 280 g/mol. The lowest BCUT2D eigenvalue weighted by Gasteiger charge is -2.22. The Balaban J connectivity index is 2.86. The van der Waals surface area contributed by atoms with Crippen molar-refractivity contribution < 1.29 is 4.74 Å². The van der Waals surface area contributed by atoms with Crippen LogP contribution in [-0.4, -0.2) is 43.8 Å². The van der Waals surface area contributed by atoms with Crippen LogP contribution in [-0.2, 0) is 11.2 Å². The van der Waals surface area contributed by atoms with Gasteiger partial charge in [0.1, 0.15) is 18.0 Å². The number of anilines is 2. The molecule has 0 aliphatic heterocycles. The number of nitrogens with one attached hydrogen (secondary N) is 1. The standard InChI is InChI=1S/C15H28N4O/c1-5-8-13-14(16-9-6-2)17-12-18-15(13)19(3)10-7-11-20-4/h12H,5-11H2,1-4H3,(H,16,17,18). The molecule has 0 unspecified atom stereocenters. The Morgan fingerprint density at radius 1 is 1.25 bits per heavy atom. The van der Waals surface area contributed by atoms with Crippen LogP contribution in [0, 0.1) is 0 Å². The normalized spacial score (nSPS) is 10.6. The Kier molecular flexibility index (Phi) is 7.95. The summed E-state index contributed by atoms with van der Waals surface area (Å²) >= 11 is 0. The van der Waals surface area contributed by atoms with E-state index in [9.17, 15) is 0 Å². The van der Waals surface area contributed by atoms with Crippen molar-refractivity contribution in [3.8, 4) is 0 Å². The quantitative estimate of drug-likeness (QED) is 0.668. The van der Waals surface area contributed by atoms with E-state index < -0.39 is 0 Å². The van der Waals surface area contributed by atoms with Crippen LogP contribution in [0.1, 0.15) is 38.7 Å². The minimum absolute atomic E-state index is 0.777. The van der Waals surface area contributed by atoms with Crippen molar-refractivity contribution in [3.05, 3.63) is 11.9 Å². The lowest BCUT2D eigenvalue weighted by atomic mass is 10.1. The number of rotatable bonds is 10. The van der Waals surface area contributed by atoms with Crippen molar-refractivity contribution in [1.29, 1.82) is 0 Å². The zero-order valence-corrected chi connectivity index (χ0v) is 13.3. The molecule has 0 saturated heterocycles. The highest BCUT2D eigenvalue weighted by molar-refractivity contribution is 5.58. The minimum atomic E-state index is 0.777. The number of hydrogen-bond acceptors (Lipinski definition) is 5. The molecule has 1 aromatic rings. The lowest BCUT2D eigenvalue weighted by Crippen LogP contribution is -2.23. The largest absolute Gasteiger partial charge is 0.385 e. The fraction of sp³-hybridized carbons (Fsp3) is 0.733. The maximum Gasteiger partial charge on any atom is 0.137 e. The van der Waals surface area contributed by atoms with Crippen LogP contribution in [0.5, 0.6) is 0 Å². The second kappa shape index (κ2) is 9.53. The highest BCUT2D eigenvalue weighted by Crippen LogP contribution is 2.24. The summed E-state index contributed by atoms with van der Waals surface area (Å²) in [6.45, 7) is 7.01. The predicted octanol–water partition coefficient (Wildman–Crippen LogP) is 2.72. The van der Waals surface area contributed by atoms with E-state index in [-0.39, 0.29) is 0 Å². The van der Waals surface area contributed by atoms with E-state index in [2.05, 4.69) is 41.1 Å². The maximum atomic E-state index is 5.11. The molecule has 1 N–H and O–H groups in total. The molecule has 0 saturated carbocycles. The Labute approximate surface area is 122 Å². The van der Waals surface area contributed by atoms with E-state index in [1.165, 1.54) is 5.56 Å². The fourth-order valence-electron chi connectivity index (χ4n) is 2.16. The number of nitrogens with zero attached hydrogens (tertiary/aromatic N) is 3. The highest BCUT2D eigenvalue weighted by Gasteiger charge is 2.13. The maximum absolute atomic E-state index is 5.11. The summed E-state index contributed by atoms with van der Waals surface area (Å²) in [6, 6.07) is 0. The molecule has 20 heavy (non-hydrogen) atoms. The smallest absolute Gasteiger partial charge is 0.137 e. The van der Waals surface area contributed by atoms with Crippen LogP contribution >= 0.6 is 0 Å². The Morgan fingerprint density at radius 2 is 2.05 bits per heavy atom. The minimum Gasteiger partial charge on any atom is -0.385 e. The van der Waals surface area contributed by atoms with Crippen LogP contribution in [0.3, 0.4) is 0 Å². The number of aromatic nitrogens is 2. The molecule has 5 heteroatoms. The summed E-state index contributed by atoms with van der Waals surface area (Å²) in [5, 5.41) is 3.41. The molecule has 114 valence electrons. The van der Waals surface area contributed by atoms with Crippen molar-refractivity contribution in [2.45, 2.75) is 39.5 Å². The van der Waals surface area contributed by atoms with Gasteiger partial charge in [-0.3, -0.25) is 0 Å². The highest BCUT2D eigenvalue weighted by atomic mass is 16.5. The summed E-state index contributed by atoms with van der Waals surface area (Å²) in [6.07, 6.45) is 5.83. The molecule has 0 fully saturated rings. The summed E-state index contributed by atoms with van der Waals surface area (Å²) < 4.78 is 5.11. The zero-order valence-electron chi connectivity index (χ0n) is 13.3. The van der Waals surface area contributed by atoms with Gasteiger partial charge in [-0.1, -0.05) is 20.3 Å². The second-order valence-corrected chi connectivity index (χ2v) is 4.97. The van der Waals surface area contributed by atoms with Gasteiger partial charge >= 0.3 is 0 Å². The summed E-state index contributed by atoms with van der Waals surface area (Å²) in [7, 11) is 3.82. The van der Waals surface area contributed by atoms with Crippen molar-refractivity contribution in [3.63, 3.8) is 0 Å². The van der Waals surface area contributed by atoms with Gasteiger partial charge < -0.3 is 15.0 Å². The van der Waals surface area contributed by atoms with Gasteiger partial charge in [-0.25, -0.2) is 9.97 Å². The third kappa shape index (κ3) is 4.96. The molecule has 0 atom stereocenters. The number of ether oxygens (including phenoxy) is 1. The van der Waals surface area contributed by atoms with E-state index in [0.29, 0.717) is 0 Å². The molecule has 0 aromatic carbocycles. The first-order valence-corrected chi connectivity index (χ1v) is 7.52. The third-order valence-corrected chi connectivity index (χ3v) is 3.17. The molecule has 0 aliphatic rings. The van der Waals surface area contributed by atoms with Crippen LogP contribution in [0.4, 0.5) is 11.6 Å². The summed E-state index contributed by atoms with van der Waals surface area (Å²) in [5.41, 5.74) is 1.23. The van der Waals surface area contributed by atoms with Gasteiger partial charge in [0.25, 0.3) is 0 Å². The topological polar surface area (TPSA) is 50.3 Å². The van der Waals surface area contributed by atoms with E-state index in [1.54, 1.807) is 13.4 Å². The van der Waals surface area contributed by atoms with Crippen LogP contribution < -0.4 is 10.2 Å². The van der Waals surface area contributed by atoms with E-state index in [0.717, 1.165) is 57.0 Å². The van der Waals surface area contributed by atoms with Crippen LogP contribution in [0.25, 0.3) is 0 Å². The first kappa shape index (κ1) is 16.7. The Morgan fingerprint density at radius 3 is 2.70 bits per heavy atom. The first-order chi connectivity index (χ1) is 9.74. The average Bonchev–Trinajstić information content (AvgIpc) is 2.46. The molecule has 0 amide bonds. The van der Waals surface area contributed by atoms with Gasteiger partial charge in [0, 0.05) is 39.4 Å². The van der Waals surface area contributed by atoms with Crippen molar-refractivity contribution >= 4 is 11.6 Å². The van der Waals surface area contributed by atoms with Crippen molar-refractivity contribution in [2.24, 2.45) is 0 Å². The van der Waals surface area contributed by atoms with Crippen molar-refractivity contribution in [2.75, 3.05) is 44.1 Å². The van der Waals surface area contributed by atoms with Crippen molar-refractivity contribution in [1.82, 2.24) is 9.97 Å². The van der Waals surface area contributed by atoms with Gasteiger partial charge in [-0.05, 0) is 19.3 Å². The summed E-state index contributed by atoms with van der Waals surface area (Å²) in [5.74, 6) is 2.02. The molecular formula is C15H28N4O. The molecule has 0 bridgehead atoms. The molecule has 0 radical (unpaired) electrons. The Bertz CT molecular complexity index is 384. The second-order valence-electron chi connectivity index (χ2n) is 4.97. The van der Waals surface area contributed by atoms with E-state index >= 15 is 0 Å². The molecule has 1 heterocycles. The molecule has 5 nitrogen and oxygen atoms in total. The molecule has 0 spiro atoms. The lowest BCUT2D eigenvalue weighted by molar-refractivity contribution is 0.196. The number of methoxy groups -OCH3 is 1. The molecule has 1 aromatic heterocycles. The van der Waals surface area contributed by atoms with E-state index in [1.807, 2.05) is 0 Å². The first-order valence-electron chi connectivity index (χ1n) is 7.52. The molecule has 1 rings (SSSR count). The van der Waals surface area contributed by atoms with Gasteiger partial charge in [0.2, 0.25) is 0 Å². The van der Waals surface area contributed by atoms with Gasteiger partial charge in [-0.15, -0.1) is 0 Å². The van der Waals surface area contributed by atoms with Crippen LogP contribution in [0.15, 0.2) is 6.33 Å². The van der Waals surface area contributed by atoms with Gasteiger partial charge in [-0.2, -0.15) is 0 Å². The van der Waals surface area contributed by atoms with Gasteiger partial charge in [0.15, 0.2) is 0 Å². The zero-order chi connectivity index (χ0) is 14.8. The summed E-state index contributed by atoms with van der Waals surface area (Å²) in [4.78, 5) is 11.1. The molecular weight excluding hydrogens is 252 g/mol. The monoisotopic (exact) mass is 280 g/mol. The SMILES string of the molecule is CCCNc1ncnc(N(C)CCCOC)c1CCC. The fourth-order valence-corrected chi connectivity index (χ4v) is 2.16. The van der Waals surface area contributed by atoms with Crippen LogP contribution in [0.2, 0.25) is 0 Å². The Hall–Kier alpha value is -1.36. The number of hydrogen-bond donors (Lipinski definition) is 1.